The standard InChI is InChI=1S/C11H14ClNO2S/c1-11(13,10(14)15)7-16-6-8-2-4-9(12)5-3-8/h2-5H,6-7,13H2,1H3,(H,14,15). The van der Waals surface area contributed by atoms with Crippen LogP contribution in [-0.4, -0.2) is 22.4 Å². The highest BCUT2D eigenvalue weighted by Crippen LogP contribution is 2.18. The summed E-state index contributed by atoms with van der Waals surface area (Å²) >= 11 is 7.25. The van der Waals surface area contributed by atoms with Gasteiger partial charge in [-0.15, -0.1) is 0 Å². The van der Waals surface area contributed by atoms with E-state index in [9.17, 15) is 4.79 Å². The number of aliphatic carboxylic acids is 1. The maximum absolute atomic E-state index is 10.8. The fraction of sp³-hybridized carbons (Fsp3) is 0.364. The molecule has 3 N–H and O–H groups in total. The molecular weight excluding hydrogens is 246 g/mol. The van der Waals surface area contributed by atoms with Crippen LogP contribution in [0.15, 0.2) is 24.3 Å². The highest BCUT2D eigenvalue weighted by atomic mass is 35.5. The van der Waals surface area contributed by atoms with Crippen LogP contribution in [0.5, 0.6) is 0 Å². The van der Waals surface area contributed by atoms with E-state index in [1.54, 1.807) is 0 Å². The second-order valence-corrected chi connectivity index (χ2v) is 5.26. The predicted octanol–water partition coefficient (Wildman–Crippen LogP) is 2.38. The Hall–Kier alpha value is -0.710. The Morgan fingerprint density at radius 1 is 1.50 bits per heavy atom. The first-order valence-corrected chi connectivity index (χ1v) is 6.29. The largest absolute Gasteiger partial charge is 0.480 e. The van der Waals surface area contributed by atoms with Gasteiger partial charge in [0.05, 0.1) is 0 Å². The summed E-state index contributed by atoms with van der Waals surface area (Å²) in [5, 5.41) is 9.52. The number of thioether (sulfide) groups is 1. The maximum atomic E-state index is 10.8. The van der Waals surface area contributed by atoms with Gasteiger partial charge in [0.25, 0.3) is 0 Å². The molecule has 3 nitrogen and oxygen atoms in total. The van der Waals surface area contributed by atoms with Crippen molar-refractivity contribution in [3.63, 3.8) is 0 Å². The van der Waals surface area contributed by atoms with E-state index < -0.39 is 11.5 Å². The van der Waals surface area contributed by atoms with Gasteiger partial charge in [-0.25, -0.2) is 0 Å². The Morgan fingerprint density at radius 3 is 2.56 bits per heavy atom. The third kappa shape index (κ3) is 4.04. The molecule has 1 unspecified atom stereocenters. The fourth-order valence-corrected chi connectivity index (χ4v) is 2.23. The van der Waals surface area contributed by atoms with E-state index in [-0.39, 0.29) is 0 Å². The summed E-state index contributed by atoms with van der Waals surface area (Å²) in [6, 6.07) is 7.47. The van der Waals surface area contributed by atoms with Crippen LogP contribution in [0.1, 0.15) is 12.5 Å². The molecule has 0 saturated carbocycles. The summed E-state index contributed by atoms with van der Waals surface area (Å²) in [6.07, 6.45) is 0. The summed E-state index contributed by atoms with van der Waals surface area (Å²) in [5.41, 5.74) is 5.54. The molecule has 0 spiro atoms. The molecule has 0 radical (unpaired) electrons. The van der Waals surface area contributed by atoms with E-state index in [2.05, 4.69) is 0 Å². The molecule has 88 valence electrons. The van der Waals surface area contributed by atoms with Gasteiger partial charge >= 0.3 is 5.97 Å². The van der Waals surface area contributed by atoms with Gasteiger partial charge in [0.15, 0.2) is 0 Å². The number of hydrogen-bond acceptors (Lipinski definition) is 3. The maximum Gasteiger partial charge on any atom is 0.324 e. The Bertz CT molecular complexity index is 365. The van der Waals surface area contributed by atoms with Crippen molar-refractivity contribution >= 4 is 29.3 Å². The van der Waals surface area contributed by atoms with Gasteiger partial charge in [-0.05, 0) is 24.6 Å². The van der Waals surface area contributed by atoms with Crippen LogP contribution in [0, 0.1) is 0 Å². The monoisotopic (exact) mass is 259 g/mol. The lowest BCUT2D eigenvalue weighted by Crippen LogP contribution is -2.47. The summed E-state index contributed by atoms with van der Waals surface area (Å²) in [6.45, 7) is 1.52. The summed E-state index contributed by atoms with van der Waals surface area (Å²) in [4.78, 5) is 10.8. The van der Waals surface area contributed by atoms with E-state index in [0.29, 0.717) is 10.8 Å². The number of carboxylic acid groups (broad SMARTS) is 1. The molecule has 5 heteroatoms. The van der Waals surface area contributed by atoms with E-state index >= 15 is 0 Å². The van der Waals surface area contributed by atoms with Crippen molar-refractivity contribution in [3.8, 4) is 0 Å². The Kier molecular flexibility index (Phi) is 4.65. The molecule has 1 rings (SSSR count). The quantitative estimate of drug-likeness (QED) is 0.852. The number of carboxylic acids is 1. The zero-order valence-electron chi connectivity index (χ0n) is 8.94. The van der Waals surface area contributed by atoms with Crippen LogP contribution in [0.3, 0.4) is 0 Å². The number of carbonyl (C=O) groups is 1. The minimum absolute atomic E-state index is 0.380. The van der Waals surface area contributed by atoms with E-state index in [0.717, 1.165) is 11.3 Å². The Morgan fingerprint density at radius 2 is 2.06 bits per heavy atom. The van der Waals surface area contributed by atoms with Gasteiger partial charge in [-0.2, -0.15) is 11.8 Å². The van der Waals surface area contributed by atoms with E-state index in [4.69, 9.17) is 22.4 Å². The average molecular weight is 260 g/mol. The van der Waals surface area contributed by atoms with Crippen LogP contribution in [0.4, 0.5) is 0 Å². The van der Waals surface area contributed by atoms with Crippen molar-refractivity contribution in [3.05, 3.63) is 34.9 Å². The van der Waals surface area contributed by atoms with Crippen LogP contribution in [0.25, 0.3) is 0 Å². The molecule has 0 aromatic heterocycles. The second kappa shape index (κ2) is 5.57. The van der Waals surface area contributed by atoms with Gasteiger partial charge in [-0.1, -0.05) is 23.7 Å². The number of rotatable bonds is 5. The van der Waals surface area contributed by atoms with Crippen molar-refractivity contribution in [1.82, 2.24) is 0 Å². The minimum atomic E-state index is -1.17. The Labute approximate surface area is 104 Å². The zero-order chi connectivity index (χ0) is 12.2. The third-order valence-corrected chi connectivity index (χ3v) is 3.67. The van der Waals surface area contributed by atoms with Crippen LogP contribution >= 0.6 is 23.4 Å². The topological polar surface area (TPSA) is 63.3 Å². The molecule has 1 aromatic carbocycles. The summed E-state index contributed by atoms with van der Waals surface area (Å²) < 4.78 is 0. The van der Waals surface area contributed by atoms with Crippen molar-refractivity contribution in [2.75, 3.05) is 5.75 Å². The van der Waals surface area contributed by atoms with Crippen molar-refractivity contribution in [2.45, 2.75) is 18.2 Å². The average Bonchev–Trinajstić information content (AvgIpc) is 2.20. The first-order valence-electron chi connectivity index (χ1n) is 4.76. The van der Waals surface area contributed by atoms with Crippen LogP contribution in [0.2, 0.25) is 5.02 Å². The van der Waals surface area contributed by atoms with Gasteiger partial charge in [0, 0.05) is 16.5 Å². The molecule has 16 heavy (non-hydrogen) atoms. The normalized spacial score (nSPS) is 14.4. The zero-order valence-corrected chi connectivity index (χ0v) is 10.5. The molecule has 0 aliphatic rings. The van der Waals surface area contributed by atoms with Crippen LogP contribution < -0.4 is 5.73 Å². The molecular formula is C11H14ClNO2S. The van der Waals surface area contributed by atoms with E-state index in [1.165, 1.54) is 18.7 Å². The second-order valence-electron chi connectivity index (χ2n) is 3.84. The molecule has 1 aromatic rings. The van der Waals surface area contributed by atoms with Gasteiger partial charge in [-0.3, -0.25) is 4.79 Å². The van der Waals surface area contributed by atoms with Crippen LogP contribution in [-0.2, 0) is 10.5 Å². The van der Waals surface area contributed by atoms with E-state index in [1.807, 2.05) is 24.3 Å². The van der Waals surface area contributed by atoms with Gasteiger partial charge < -0.3 is 10.8 Å². The summed E-state index contributed by atoms with van der Waals surface area (Å²) in [5.74, 6) is 0.137. The molecule has 0 bridgehead atoms. The SMILES string of the molecule is CC(N)(CSCc1ccc(Cl)cc1)C(=O)O. The Balaban J connectivity index is 2.41. The molecule has 1 atom stereocenters. The van der Waals surface area contributed by atoms with Crippen molar-refractivity contribution < 1.29 is 9.90 Å². The van der Waals surface area contributed by atoms with Gasteiger partial charge in [0.1, 0.15) is 5.54 Å². The lowest BCUT2D eigenvalue weighted by Gasteiger charge is -2.18. The van der Waals surface area contributed by atoms with Crippen molar-refractivity contribution in [2.24, 2.45) is 5.73 Å². The molecule has 0 heterocycles. The highest BCUT2D eigenvalue weighted by Gasteiger charge is 2.27. The molecule has 0 saturated heterocycles. The lowest BCUT2D eigenvalue weighted by atomic mass is 10.1. The van der Waals surface area contributed by atoms with Gasteiger partial charge in [0.2, 0.25) is 0 Å². The predicted molar refractivity (Wildman–Crippen MR) is 67.8 cm³/mol. The van der Waals surface area contributed by atoms with Crippen molar-refractivity contribution in [1.29, 1.82) is 0 Å². The lowest BCUT2D eigenvalue weighted by molar-refractivity contribution is -0.141. The number of halogens is 1. The minimum Gasteiger partial charge on any atom is -0.480 e. The first kappa shape index (κ1) is 13.4. The first-order chi connectivity index (χ1) is 7.42. The fourth-order valence-electron chi connectivity index (χ4n) is 1.02. The number of nitrogens with two attached hydrogens (primary N) is 1. The molecule has 0 aliphatic heterocycles. The molecule has 0 aliphatic carbocycles. The molecule has 0 amide bonds. The third-order valence-electron chi connectivity index (χ3n) is 2.07. The number of benzene rings is 1. The number of hydrogen-bond donors (Lipinski definition) is 2. The summed E-state index contributed by atoms with van der Waals surface area (Å²) in [7, 11) is 0. The smallest absolute Gasteiger partial charge is 0.324 e. The highest BCUT2D eigenvalue weighted by molar-refractivity contribution is 7.98. The molecule has 0 fully saturated rings.